The summed E-state index contributed by atoms with van der Waals surface area (Å²) in [5.41, 5.74) is 0. The van der Waals surface area contributed by atoms with E-state index in [-0.39, 0.29) is 0 Å². The lowest BCUT2D eigenvalue weighted by Gasteiger charge is -2.29. The Bertz CT molecular complexity index is 86.0. The summed E-state index contributed by atoms with van der Waals surface area (Å²) < 4.78 is 0. The van der Waals surface area contributed by atoms with Gasteiger partial charge in [0.05, 0.1) is 0 Å². The third-order valence-corrected chi connectivity index (χ3v) is 2.86. The smallest absolute Gasteiger partial charge is 0.0414 e. The van der Waals surface area contributed by atoms with Crippen molar-refractivity contribution >= 4 is 0 Å². The molecule has 0 aromatic rings. The molecule has 0 radical (unpaired) electrons. The van der Waals surface area contributed by atoms with Crippen LogP contribution in [0.15, 0.2) is 0 Å². The van der Waals surface area contributed by atoms with Crippen molar-refractivity contribution in [3.63, 3.8) is 0 Å². The highest BCUT2D eigenvalue weighted by molar-refractivity contribution is 4.72. The van der Waals surface area contributed by atoms with Crippen molar-refractivity contribution in [1.82, 2.24) is 0 Å². The van der Waals surface area contributed by atoms with Crippen molar-refractivity contribution in [3.05, 3.63) is 0 Å². The lowest BCUT2D eigenvalue weighted by atomic mass is 9.77. The van der Waals surface area contributed by atoms with E-state index in [1.165, 1.54) is 19.3 Å². The van der Waals surface area contributed by atoms with Gasteiger partial charge in [0.2, 0.25) is 0 Å². The molecule has 1 saturated carbocycles. The van der Waals surface area contributed by atoms with E-state index in [0.29, 0.717) is 0 Å². The fraction of sp³-hybridized carbons (Fsp3) is 1.00. The van der Waals surface area contributed by atoms with Gasteiger partial charge in [0, 0.05) is 0 Å². The molecule has 2 unspecified atom stereocenters. The Morgan fingerprint density at radius 3 is 2.00 bits per heavy atom. The molecule has 1 rings (SSSR count). The van der Waals surface area contributed by atoms with Crippen molar-refractivity contribution < 1.29 is 0 Å². The molecule has 54 valence electrons. The first kappa shape index (κ1) is 7.11. The van der Waals surface area contributed by atoms with Gasteiger partial charge >= 0.3 is 0 Å². The van der Waals surface area contributed by atoms with Crippen molar-refractivity contribution in [2.75, 3.05) is 0 Å². The molecular weight excluding hydrogens is 108 g/mol. The van der Waals surface area contributed by atoms with E-state index < -0.39 is 0 Å². The number of rotatable bonds is 0. The first-order valence-corrected chi connectivity index (χ1v) is 4.20. The van der Waals surface area contributed by atoms with Gasteiger partial charge in [-0.25, -0.2) is 0 Å². The summed E-state index contributed by atoms with van der Waals surface area (Å²) in [6.45, 7) is 7.15. The highest BCUT2D eigenvalue weighted by Gasteiger charge is 2.20. The van der Waals surface area contributed by atoms with Crippen LogP contribution >= 0.6 is 0 Å². The van der Waals surface area contributed by atoms with E-state index in [0.717, 1.165) is 17.8 Å². The second-order valence-electron chi connectivity index (χ2n) is 3.87. The van der Waals surface area contributed by atoms with E-state index >= 15 is 0 Å². The normalized spacial score (nSPS) is 45.0. The van der Waals surface area contributed by atoms with E-state index in [9.17, 15) is 0 Å². The topological polar surface area (TPSA) is 0 Å². The first-order chi connectivity index (χ1) is 4.20. The van der Waals surface area contributed by atoms with Gasteiger partial charge in [0.15, 0.2) is 0 Å². The van der Waals surface area contributed by atoms with Crippen molar-refractivity contribution in [3.8, 4) is 0 Å². The lowest BCUT2D eigenvalue weighted by Crippen LogP contribution is -2.18. The van der Waals surface area contributed by atoms with Crippen LogP contribution in [0.2, 0.25) is 0 Å². The zero-order chi connectivity index (χ0) is 6.85. The van der Waals surface area contributed by atoms with Crippen LogP contribution in [-0.2, 0) is 0 Å². The van der Waals surface area contributed by atoms with Gasteiger partial charge in [-0.1, -0.05) is 33.6 Å². The summed E-state index contributed by atoms with van der Waals surface area (Å²) in [6, 6.07) is 0. The van der Waals surface area contributed by atoms with Gasteiger partial charge in [-0.15, -0.1) is 0 Å². The molecular formula is C9H18. The fourth-order valence-electron chi connectivity index (χ4n) is 1.82. The molecule has 1 aliphatic rings. The molecule has 0 spiro atoms. The third-order valence-electron chi connectivity index (χ3n) is 2.86. The third kappa shape index (κ3) is 1.70. The minimum Gasteiger partial charge on any atom is -0.0625 e. The molecule has 0 aliphatic heterocycles. The van der Waals surface area contributed by atoms with Gasteiger partial charge in [-0.3, -0.25) is 0 Å². The summed E-state index contributed by atoms with van der Waals surface area (Å²) in [4.78, 5) is 0. The summed E-state index contributed by atoms with van der Waals surface area (Å²) in [7, 11) is 0. The Morgan fingerprint density at radius 2 is 1.56 bits per heavy atom. The second-order valence-corrected chi connectivity index (χ2v) is 3.87. The van der Waals surface area contributed by atoms with Crippen molar-refractivity contribution in [2.24, 2.45) is 17.8 Å². The SMILES string of the molecule is CC1CCC(C)[C@@H](C)C1. The van der Waals surface area contributed by atoms with Gasteiger partial charge < -0.3 is 0 Å². The average molecular weight is 126 g/mol. The molecule has 0 nitrogen and oxygen atoms in total. The maximum atomic E-state index is 2.39. The zero-order valence-electron chi connectivity index (χ0n) is 6.85. The molecule has 0 N–H and O–H groups in total. The fourth-order valence-corrected chi connectivity index (χ4v) is 1.82. The Hall–Kier alpha value is 0. The van der Waals surface area contributed by atoms with Gasteiger partial charge in [-0.05, 0) is 24.2 Å². The molecule has 0 bridgehead atoms. The summed E-state index contributed by atoms with van der Waals surface area (Å²) in [5, 5.41) is 0. The predicted molar refractivity (Wildman–Crippen MR) is 41.3 cm³/mol. The predicted octanol–water partition coefficient (Wildman–Crippen LogP) is 3.08. The van der Waals surface area contributed by atoms with Crippen LogP contribution in [0.3, 0.4) is 0 Å². The van der Waals surface area contributed by atoms with E-state index in [2.05, 4.69) is 20.8 Å². The largest absolute Gasteiger partial charge is 0.0625 e. The van der Waals surface area contributed by atoms with Gasteiger partial charge in [0.25, 0.3) is 0 Å². The highest BCUT2D eigenvalue weighted by Crippen LogP contribution is 2.32. The van der Waals surface area contributed by atoms with Crippen LogP contribution < -0.4 is 0 Å². The molecule has 0 heterocycles. The summed E-state index contributed by atoms with van der Waals surface area (Å²) in [6.07, 6.45) is 4.38. The Kier molecular flexibility index (Phi) is 2.15. The Labute approximate surface area is 58.7 Å². The van der Waals surface area contributed by atoms with E-state index in [1.807, 2.05) is 0 Å². The van der Waals surface area contributed by atoms with Crippen molar-refractivity contribution in [1.29, 1.82) is 0 Å². The molecule has 0 aromatic carbocycles. The minimum atomic E-state index is 0.980. The van der Waals surface area contributed by atoms with Crippen LogP contribution in [0.5, 0.6) is 0 Å². The van der Waals surface area contributed by atoms with Crippen LogP contribution in [0, 0.1) is 17.8 Å². The van der Waals surface area contributed by atoms with Crippen LogP contribution in [0.4, 0.5) is 0 Å². The maximum Gasteiger partial charge on any atom is -0.0414 e. The Morgan fingerprint density at radius 1 is 0.889 bits per heavy atom. The molecule has 3 atom stereocenters. The summed E-state index contributed by atoms with van der Waals surface area (Å²) >= 11 is 0. The molecule has 1 fully saturated rings. The van der Waals surface area contributed by atoms with Crippen LogP contribution in [0.1, 0.15) is 40.0 Å². The monoisotopic (exact) mass is 126 g/mol. The quantitative estimate of drug-likeness (QED) is 0.468. The number of hydrogen-bond acceptors (Lipinski definition) is 0. The summed E-state index contributed by atoms with van der Waals surface area (Å²) in [5.74, 6) is 2.96. The van der Waals surface area contributed by atoms with E-state index in [4.69, 9.17) is 0 Å². The lowest BCUT2D eigenvalue weighted by molar-refractivity contribution is 0.220. The van der Waals surface area contributed by atoms with E-state index in [1.54, 1.807) is 0 Å². The van der Waals surface area contributed by atoms with Crippen LogP contribution in [-0.4, -0.2) is 0 Å². The molecule has 0 heteroatoms. The van der Waals surface area contributed by atoms with Gasteiger partial charge in [0.1, 0.15) is 0 Å². The first-order valence-electron chi connectivity index (χ1n) is 4.20. The van der Waals surface area contributed by atoms with Crippen LogP contribution in [0.25, 0.3) is 0 Å². The molecule has 0 amide bonds. The number of hydrogen-bond donors (Lipinski definition) is 0. The zero-order valence-corrected chi connectivity index (χ0v) is 6.85. The molecule has 9 heavy (non-hydrogen) atoms. The van der Waals surface area contributed by atoms with Crippen molar-refractivity contribution in [2.45, 2.75) is 40.0 Å². The standard InChI is InChI=1S/C9H18/c1-7-4-5-8(2)9(3)6-7/h7-9H,4-6H2,1-3H3/t7?,8?,9-/m0/s1. The highest BCUT2D eigenvalue weighted by atomic mass is 14.3. The minimum absolute atomic E-state index is 0.980. The second kappa shape index (κ2) is 2.72. The Balaban J connectivity index is 2.35. The molecule has 0 saturated heterocycles. The molecule has 1 aliphatic carbocycles. The molecule has 0 aromatic heterocycles. The average Bonchev–Trinajstić information content (AvgIpc) is 1.80. The van der Waals surface area contributed by atoms with Gasteiger partial charge in [-0.2, -0.15) is 0 Å². The maximum absolute atomic E-state index is 2.39.